The molecule has 0 saturated carbocycles. The first kappa shape index (κ1) is 29.7. The van der Waals surface area contributed by atoms with Crippen molar-refractivity contribution in [2.24, 2.45) is 0 Å². The molecule has 11 aromatic rings. The predicted molar refractivity (Wildman–Crippen MR) is 225 cm³/mol. The highest BCUT2D eigenvalue weighted by atomic mass is 15.0. The van der Waals surface area contributed by atoms with Crippen molar-refractivity contribution in [3.8, 4) is 39.3 Å². The van der Waals surface area contributed by atoms with E-state index in [-0.39, 0.29) is 0 Å². The highest BCUT2D eigenvalue weighted by Gasteiger charge is 2.22. The molecule has 2 nitrogen and oxygen atoms in total. The molecule has 0 amide bonds. The van der Waals surface area contributed by atoms with Gasteiger partial charge in [-0.25, -0.2) is 4.98 Å². The van der Waals surface area contributed by atoms with E-state index in [1.165, 1.54) is 70.5 Å². The van der Waals surface area contributed by atoms with Gasteiger partial charge in [0.2, 0.25) is 0 Å². The summed E-state index contributed by atoms with van der Waals surface area (Å²) in [6.45, 7) is 0. The molecule has 2 aromatic heterocycles. The van der Waals surface area contributed by atoms with Gasteiger partial charge >= 0.3 is 0 Å². The SMILES string of the molecule is c1ccc(-c2cc(-c3ccc4ccccc4c3)nc(-c3cc4c5ccccc5c5c(c6ccccc6n5-c5ccccc5)c4c4ccccc34)c2)cc1. The lowest BCUT2D eigenvalue weighted by Gasteiger charge is -2.17. The van der Waals surface area contributed by atoms with Crippen molar-refractivity contribution in [3.63, 3.8) is 0 Å². The summed E-state index contributed by atoms with van der Waals surface area (Å²) in [4.78, 5) is 5.50. The van der Waals surface area contributed by atoms with Gasteiger partial charge in [0.05, 0.1) is 22.4 Å². The van der Waals surface area contributed by atoms with Crippen molar-refractivity contribution in [2.75, 3.05) is 0 Å². The molecule has 0 fully saturated rings. The largest absolute Gasteiger partial charge is 0.309 e. The molecular formula is C51H32N2. The maximum atomic E-state index is 5.50. The Labute approximate surface area is 306 Å². The second-order valence-electron chi connectivity index (χ2n) is 13.9. The van der Waals surface area contributed by atoms with Gasteiger partial charge in [0, 0.05) is 38.4 Å². The van der Waals surface area contributed by atoms with Gasteiger partial charge in [-0.1, -0.05) is 152 Å². The molecule has 0 N–H and O–H groups in total. The van der Waals surface area contributed by atoms with E-state index in [1.54, 1.807) is 0 Å². The molecule has 0 aliphatic heterocycles. The minimum atomic E-state index is 0.961. The summed E-state index contributed by atoms with van der Waals surface area (Å²) in [5, 5.41) is 12.4. The third-order valence-corrected chi connectivity index (χ3v) is 10.9. The molecule has 0 aliphatic rings. The summed E-state index contributed by atoms with van der Waals surface area (Å²) < 4.78 is 2.45. The first-order chi connectivity index (χ1) is 26.3. The van der Waals surface area contributed by atoms with Crippen LogP contribution in [0.3, 0.4) is 0 Å². The van der Waals surface area contributed by atoms with Crippen LogP contribution in [0.4, 0.5) is 0 Å². The van der Waals surface area contributed by atoms with Gasteiger partial charge in [-0.05, 0) is 85.9 Å². The van der Waals surface area contributed by atoms with Crippen LogP contribution in [0.2, 0.25) is 0 Å². The van der Waals surface area contributed by atoms with Crippen molar-refractivity contribution in [1.82, 2.24) is 9.55 Å². The van der Waals surface area contributed by atoms with Crippen molar-refractivity contribution < 1.29 is 0 Å². The van der Waals surface area contributed by atoms with E-state index in [0.717, 1.165) is 33.8 Å². The van der Waals surface area contributed by atoms with Gasteiger partial charge in [-0.3, -0.25) is 0 Å². The van der Waals surface area contributed by atoms with E-state index in [4.69, 9.17) is 4.98 Å². The highest BCUT2D eigenvalue weighted by Crippen LogP contribution is 2.47. The number of nitrogens with zero attached hydrogens (tertiary/aromatic N) is 2. The Balaban J connectivity index is 1.28. The molecule has 0 unspecified atom stereocenters. The predicted octanol–water partition coefficient (Wildman–Crippen LogP) is 13.8. The molecule has 11 rings (SSSR count). The lowest BCUT2D eigenvalue weighted by Crippen LogP contribution is -1.95. The maximum absolute atomic E-state index is 5.50. The van der Waals surface area contributed by atoms with Crippen LogP contribution < -0.4 is 0 Å². The topological polar surface area (TPSA) is 17.8 Å². The third-order valence-electron chi connectivity index (χ3n) is 10.9. The van der Waals surface area contributed by atoms with Gasteiger partial charge in [0.25, 0.3) is 0 Å². The number of rotatable bonds is 4. The second kappa shape index (κ2) is 11.8. The van der Waals surface area contributed by atoms with Crippen molar-refractivity contribution in [1.29, 1.82) is 0 Å². The van der Waals surface area contributed by atoms with E-state index >= 15 is 0 Å². The molecule has 2 heteroatoms. The number of benzene rings is 9. The normalized spacial score (nSPS) is 11.8. The highest BCUT2D eigenvalue weighted by molar-refractivity contribution is 6.38. The van der Waals surface area contributed by atoms with Crippen LogP contribution in [-0.2, 0) is 0 Å². The summed E-state index contributed by atoms with van der Waals surface area (Å²) in [5.41, 5.74) is 10.1. The molecule has 9 aromatic carbocycles. The smallest absolute Gasteiger partial charge is 0.0722 e. The zero-order valence-corrected chi connectivity index (χ0v) is 28.9. The van der Waals surface area contributed by atoms with Crippen LogP contribution in [0.1, 0.15) is 0 Å². The Morgan fingerprint density at radius 1 is 0.340 bits per heavy atom. The van der Waals surface area contributed by atoms with Gasteiger partial charge < -0.3 is 4.57 Å². The number of aromatic nitrogens is 2. The third kappa shape index (κ3) is 4.63. The Morgan fingerprint density at radius 2 is 0.962 bits per heavy atom. The minimum Gasteiger partial charge on any atom is -0.309 e. The Bertz CT molecular complexity index is 3210. The molecule has 0 aliphatic carbocycles. The standard InChI is InChI=1S/C51H32N2/c1-3-15-33(16-4-1)37-30-46(36-28-27-34-17-7-8-18-35(34)29-36)52-47(31-37)44-32-45-40-22-10-12-24-42(40)51-50(49(45)41-23-11-9-21-39(41)44)43-25-13-14-26-48(43)53(51)38-19-5-2-6-20-38/h1-32H. The number of hydrogen-bond donors (Lipinski definition) is 0. The number of para-hydroxylation sites is 2. The fourth-order valence-electron chi connectivity index (χ4n) is 8.55. The zero-order valence-electron chi connectivity index (χ0n) is 28.9. The molecule has 53 heavy (non-hydrogen) atoms. The van der Waals surface area contributed by atoms with Crippen LogP contribution in [0, 0.1) is 0 Å². The number of fused-ring (bicyclic) bond motifs is 11. The molecule has 2 heterocycles. The molecular weight excluding hydrogens is 641 g/mol. The first-order valence-electron chi connectivity index (χ1n) is 18.2. The van der Waals surface area contributed by atoms with E-state index < -0.39 is 0 Å². The average Bonchev–Trinajstić information content (AvgIpc) is 3.59. The van der Waals surface area contributed by atoms with Gasteiger partial charge in [0.1, 0.15) is 0 Å². The fourth-order valence-corrected chi connectivity index (χ4v) is 8.55. The minimum absolute atomic E-state index is 0.961. The lowest BCUT2D eigenvalue weighted by atomic mass is 9.89. The molecule has 0 radical (unpaired) electrons. The van der Waals surface area contributed by atoms with Gasteiger partial charge in [-0.15, -0.1) is 0 Å². The number of hydrogen-bond acceptors (Lipinski definition) is 1. The monoisotopic (exact) mass is 672 g/mol. The number of pyridine rings is 1. The van der Waals surface area contributed by atoms with Crippen LogP contribution in [0.15, 0.2) is 194 Å². The summed E-state index contributed by atoms with van der Waals surface area (Å²) in [6, 6.07) is 70.3. The average molecular weight is 673 g/mol. The first-order valence-corrected chi connectivity index (χ1v) is 18.2. The molecule has 0 saturated heterocycles. The van der Waals surface area contributed by atoms with E-state index in [0.29, 0.717) is 0 Å². The molecule has 0 bridgehead atoms. The van der Waals surface area contributed by atoms with Gasteiger partial charge in [-0.2, -0.15) is 0 Å². The van der Waals surface area contributed by atoms with E-state index in [1.807, 2.05) is 0 Å². The lowest BCUT2D eigenvalue weighted by molar-refractivity contribution is 1.19. The molecule has 246 valence electrons. The van der Waals surface area contributed by atoms with Crippen LogP contribution in [0.25, 0.3) is 104 Å². The Morgan fingerprint density at radius 3 is 1.77 bits per heavy atom. The quantitative estimate of drug-likeness (QED) is 0.170. The fraction of sp³-hybridized carbons (Fsp3) is 0. The van der Waals surface area contributed by atoms with Crippen molar-refractivity contribution >= 4 is 64.9 Å². The molecule has 0 atom stereocenters. The summed E-state index contributed by atoms with van der Waals surface area (Å²) in [5.74, 6) is 0. The van der Waals surface area contributed by atoms with Crippen molar-refractivity contribution in [3.05, 3.63) is 194 Å². The Kier molecular flexibility index (Phi) is 6.59. The van der Waals surface area contributed by atoms with Crippen LogP contribution in [0.5, 0.6) is 0 Å². The summed E-state index contributed by atoms with van der Waals surface area (Å²) >= 11 is 0. The van der Waals surface area contributed by atoms with E-state index in [9.17, 15) is 0 Å². The summed E-state index contributed by atoms with van der Waals surface area (Å²) in [7, 11) is 0. The zero-order chi connectivity index (χ0) is 34.9. The maximum Gasteiger partial charge on any atom is 0.0722 e. The van der Waals surface area contributed by atoms with Crippen LogP contribution in [-0.4, -0.2) is 9.55 Å². The van der Waals surface area contributed by atoms with E-state index in [2.05, 4.69) is 199 Å². The van der Waals surface area contributed by atoms with Gasteiger partial charge in [0.15, 0.2) is 0 Å². The van der Waals surface area contributed by atoms with Crippen LogP contribution >= 0.6 is 0 Å². The van der Waals surface area contributed by atoms with Crippen molar-refractivity contribution in [2.45, 2.75) is 0 Å². The summed E-state index contributed by atoms with van der Waals surface area (Å²) in [6.07, 6.45) is 0. The molecule has 0 spiro atoms. The second-order valence-corrected chi connectivity index (χ2v) is 13.9. The Hall–Kier alpha value is -7.03.